The molecule has 19 heavy (non-hydrogen) atoms. The Morgan fingerprint density at radius 3 is 2.79 bits per heavy atom. The van der Waals surface area contributed by atoms with Crippen molar-refractivity contribution in [2.75, 3.05) is 17.8 Å². The SMILES string of the molecule is Cc1cc(SCCS(C)(=O)=O)nc(-c2cccs2)n1. The van der Waals surface area contributed by atoms with Gasteiger partial charge in [-0.2, -0.15) is 0 Å². The third-order valence-electron chi connectivity index (χ3n) is 2.28. The molecule has 0 fully saturated rings. The second-order valence-electron chi connectivity index (χ2n) is 4.13. The van der Waals surface area contributed by atoms with Gasteiger partial charge in [0.2, 0.25) is 0 Å². The lowest BCUT2D eigenvalue weighted by atomic mass is 10.4. The molecule has 2 aromatic rings. The number of thioether (sulfide) groups is 1. The number of sulfone groups is 1. The maximum Gasteiger partial charge on any atom is 0.170 e. The molecule has 2 rings (SSSR count). The molecule has 0 aliphatic carbocycles. The van der Waals surface area contributed by atoms with Crippen molar-refractivity contribution < 1.29 is 8.42 Å². The minimum absolute atomic E-state index is 0.162. The van der Waals surface area contributed by atoms with Gasteiger partial charge in [0.1, 0.15) is 14.9 Å². The zero-order valence-corrected chi connectivity index (χ0v) is 13.1. The van der Waals surface area contributed by atoms with Crippen molar-refractivity contribution >= 4 is 32.9 Å². The van der Waals surface area contributed by atoms with Gasteiger partial charge < -0.3 is 0 Å². The molecular weight excluding hydrogens is 300 g/mol. The van der Waals surface area contributed by atoms with Gasteiger partial charge in [0.25, 0.3) is 0 Å². The second kappa shape index (κ2) is 6.02. The highest BCUT2D eigenvalue weighted by Crippen LogP contribution is 2.24. The number of hydrogen-bond acceptors (Lipinski definition) is 6. The van der Waals surface area contributed by atoms with Crippen molar-refractivity contribution in [3.63, 3.8) is 0 Å². The molecule has 7 heteroatoms. The Labute approximate surface area is 121 Å². The summed E-state index contributed by atoms with van der Waals surface area (Å²) in [5, 5.41) is 2.80. The summed E-state index contributed by atoms with van der Waals surface area (Å²) in [6.07, 6.45) is 1.25. The van der Waals surface area contributed by atoms with Crippen LogP contribution >= 0.6 is 23.1 Å². The highest BCUT2D eigenvalue weighted by molar-refractivity contribution is 8.00. The van der Waals surface area contributed by atoms with Crippen LogP contribution in [0.3, 0.4) is 0 Å². The zero-order valence-electron chi connectivity index (χ0n) is 10.7. The predicted octanol–water partition coefficient (Wildman–Crippen LogP) is 2.65. The number of thiophene rings is 1. The monoisotopic (exact) mass is 314 g/mol. The molecular formula is C12H14N2O2S3. The normalized spacial score (nSPS) is 11.7. The Morgan fingerprint density at radius 1 is 1.37 bits per heavy atom. The Kier molecular flexibility index (Phi) is 4.59. The van der Waals surface area contributed by atoms with E-state index >= 15 is 0 Å². The van der Waals surface area contributed by atoms with Crippen LogP contribution in [0.2, 0.25) is 0 Å². The van der Waals surface area contributed by atoms with Crippen LogP contribution in [0, 0.1) is 6.92 Å². The first-order chi connectivity index (χ1) is 8.94. The lowest BCUT2D eigenvalue weighted by Crippen LogP contribution is -2.05. The average Bonchev–Trinajstić information content (AvgIpc) is 2.79. The number of aryl methyl sites for hydroxylation is 1. The van der Waals surface area contributed by atoms with Gasteiger partial charge in [-0.1, -0.05) is 6.07 Å². The van der Waals surface area contributed by atoms with E-state index in [4.69, 9.17) is 0 Å². The zero-order chi connectivity index (χ0) is 13.9. The molecule has 2 heterocycles. The van der Waals surface area contributed by atoms with Crippen molar-refractivity contribution in [2.45, 2.75) is 11.9 Å². The Bertz CT molecular complexity index is 652. The quantitative estimate of drug-likeness (QED) is 0.627. The molecule has 0 spiro atoms. The summed E-state index contributed by atoms with van der Waals surface area (Å²) in [5.41, 5.74) is 0.889. The highest BCUT2D eigenvalue weighted by Gasteiger charge is 2.08. The topological polar surface area (TPSA) is 59.9 Å². The summed E-state index contributed by atoms with van der Waals surface area (Å²) in [6.45, 7) is 1.92. The van der Waals surface area contributed by atoms with Crippen molar-refractivity contribution in [1.29, 1.82) is 0 Å². The molecule has 0 saturated heterocycles. The van der Waals surface area contributed by atoms with Crippen molar-refractivity contribution in [2.24, 2.45) is 0 Å². The maximum atomic E-state index is 11.1. The van der Waals surface area contributed by atoms with E-state index in [0.717, 1.165) is 15.6 Å². The number of rotatable bonds is 5. The van der Waals surface area contributed by atoms with Gasteiger partial charge in [0.05, 0.1) is 10.6 Å². The second-order valence-corrected chi connectivity index (χ2v) is 8.45. The predicted molar refractivity (Wildman–Crippen MR) is 80.5 cm³/mol. The fourth-order valence-corrected chi connectivity index (χ4v) is 4.24. The van der Waals surface area contributed by atoms with Gasteiger partial charge in [0, 0.05) is 17.7 Å². The van der Waals surface area contributed by atoms with E-state index in [0.29, 0.717) is 11.6 Å². The number of nitrogens with zero attached hydrogens (tertiary/aromatic N) is 2. The molecule has 0 saturated carbocycles. The van der Waals surface area contributed by atoms with Crippen LogP contribution in [0.15, 0.2) is 28.6 Å². The van der Waals surface area contributed by atoms with E-state index in [1.807, 2.05) is 30.5 Å². The molecule has 0 aromatic carbocycles. The van der Waals surface area contributed by atoms with Crippen LogP contribution in [0.1, 0.15) is 5.69 Å². The summed E-state index contributed by atoms with van der Waals surface area (Å²) in [6, 6.07) is 5.82. The minimum Gasteiger partial charge on any atom is -0.233 e. The van der Waals surface area contributed by atoms with Crippen molar-refractivity contribution in [1.82, 2.24) is 9.97 Å². The molecule has 0 atom stereocenters. The lowest BCUT2D eigenvalue weighted by Gasteiger charge is -2.04. The molecule has 0 amide bonds. The summed E-state index contributed by atoms with van der Waals surface area (Å²) in [5.74, 6) is 1.38. The van der Waals surface area contributed by atoms with E-state index in [2.05, 4.69) is 9.97 Å². The number of aromatic nitrogens is 2. The molecule has 0 aliphatic heterocycles. The molecule has 0 N–H and O–H groups in total. The van der Waals surface area contributed by atoms with Crippen LogP contribution < -0.4 is 0 Å². The smallest absolute Gasteiger partial charge is 0.170 e. The Hall–Kier alpha value is -0.920. The van der Waals surface area contributed by atoms with Gasteiger partial charge in [-0.05, 0) is 24.4 Å². The van der Waals surface area contributed by atoms with Crippen molar-refractivity contribution in [3.8, 4) is 10.7 Å². The van der Waals surface area contributed by atoms with Gasteiger partial charge >= 0.3 is 0 Å². The third kappa shape index (κ3) is 4.59. The van der Waals surface area contributed by atoms with Crippen LogP contribution in [0.5, 0.6) is 0 Å². The van der Waals surface area contributed by atoms with Gasteiger partial charge in [0.15, 0.2) is 5.82 Å². The molecule has 4 nitrogen and oxygen atoms in total. The number of hydrogen-bond donors (Lipinski definition) is 0. The maximum absolute atomic E-state index is 11.1. The molecule has 0 unspecified atom stereocenters. The van der Waals surface area contributed by atoms with E-state index < -0.39 is 9.84 Å². The fourth-order valence-electron chi connectivity index (χ4n) is 1.43. The first-order valence-corrected chi connectivity index (χ1v) is 9.57. The van der Waals surface area contributed by atoms with Gasteiger partial charge in [-0.15, -0.1) is 23.1 Å². The highest BCUT2D eigenvalue weighted by atomic mass is 32.2. The van der Waals surface area contributed by atoms with E-state index in [1.54, 1.807) is 11.3 Å². The van der Waals surface area contributed by atoms with Crippen LogP contribution in [-0.4, -0.2) is 36.1 Å². The fraction of sp³-hybridized carbons (Fsp3) is 0.333. The Balaban J connectivity index is 2.14. The average molecular weight is 314 g/mol. The standard InChI is InChI=1S/C12H14N2O2S3/c1-9-8-11(18-6-7-19(2,15)16)14-12(13-9)10-4-3-5-17-10/h3-5,8H,6-7H2,1-2H3. The molecule has 0 aliphatic rings. The third-order valence-corrected chi connectivity index (χ3v) is 5.26. The van der Waals surface area contributed by atoms with E-state index in [-0.39, 0.29) is 5.75 Å². The molecule has 0 radical (unpaired) electrons. The first kappa shape index (κ1) is 14.5. The molecule has 0 bridgehead atoms. The van der Waals surface area contributed by atoms with E-state index in [9.17, 15) is 8.42 Å². The van der Waals surface area contributed by atoms with Crippen LogP contribution in [-0.2, 0) is 9.84 Å². The molecule has 2 aromatic heterocycles. The summed E-state index contributed by atoms with van der Waals surface area (Å²) in [7, 11) is -2.92. The van der Waals surface area contributed by atoms with Crippen LogP contribution in [0.25, 0.3) is 10.7 Å². The summed E-state index contributed by atoms with van der Waals surface area (Å²) in [4.78, 5) is 9.89. The Morgan fingerprint density at radius 2 is 2.16 bits per heavy atom. The van der Waals surface area contributed by atoms with Crippen molar-refractivity contribution in [3.05, 3.63) is 29.3 Å². The minimum atomic E-state index is -2.92. The van der Waals surface area contributed by atoms with Gasteiger partial charge in [-0.3, -0.25) is 0 Å². The summed E-state index contributed by atoms with van der Waals surface area (Å²) >= 11 is 3.04. The van der Waals surface area contributed by atoms with Crippen LogP contribution in [0.4, 0.5) is 0 Å². The first-order valence-electron chi connectivity index (χ1n) is 5.64. The van der Waals surface area contributed by atoms with E-state index in [1.165, 1.54) is 18.0 Å². The largest absolute Gasteiger partial charge is 0.233 e. The molecule has 102 valence electrons. The van der Waals surface area contributed by atoms with Gasteiger partial charge in [-0.25, -0.2) is 18.4 Å². The lowest BCUT2D eigenvalue weighted by molar-refractivity contribution is 0.603. The summed E-state index contributed by atoms with van der Waals surface area (Å²) < 4.78 is 22.2.